The van der Waals surface area contributed by atoms with Crippen LogP contribution in [0.1, 0.15) is 45.3 Å². The predicted octanol–water partition coefficient (Wildman–Crippen LogP) is 2.13. The molecule has 106 valence electrons. The molecule has 0 spiro atoms. The van der Waals surface area contributed by atoms with E-state index in [9.17, 15) is 0 Å². The lowest BCUT2D eigenvalue weighted by Gasteiger charge is -2.22. The number of rotatable bonds is 3. The van der Waals surface area contributed by atoms with Crippen LogP contribution in [0.2, 0.25) is 0 Å². The number of fused-ring (bicyclic) bond motifs is 1. The van der Waals surface area contributed by atoms with Gasteiger partial charge in [0, 0.05) is 32.0 Å². The van der Waals surface area contributed by atoms with Crippen molar-refractivity contribution >= 4 is 0 Å². The molecule has 1 aromatic rings. The van der Waals surface area contributed by atoms with Crippen molar-refractivity contribution in [1.29, 1.82) is 0 Å². The van der Waals surface area contributed by atoms with Crippen LogP contribution in [-0.2, 0) is 19.4 Å². The molecule has 2 aliphatic rings. The molecule has 0 amide bonds. The topological polar surface area (TPSA) is 34.0 Å². The van der Waals surface area contributed by atoms with Crippen LogP contribution in [0.15, 0.2) is 0 Å². The standard InChI is InChI=1S/C15H26N4/c1-11(2)18-7-6-13(10-18)8-15-17-16-14-5-4-12(3)9-19(14)15/h11-13H,4-10H2,1-3H3. The van der Waals surface area contributed by atoms with Gasteiger partial charge in [0.1, 0.15) is 11.6 Å². The fourth-order valence-corrected chi connectivity index (χ4v) is 3.45. The van der Waals surface area contributed by atoms with E-state index >= 15 is 0 Å². The molecular weight excluding hydrogens is 236 g/mol. The summed E-state index contributed by atoms with van der Waals surface area (Å²) in [6.45, 7) is 10.5. The molecule has 19 heavy (non-hydrogen) atoms. The second-order valence-electron chi connectivity index (χ2n) is 6.73. The quantitative estimate of drug-likeness (QED) is 0.837. The van der Waals surface area contributed by atoms with Gasteiger partial charge in [-0.25, -0.2) is 0 Å². The summed E-state index contributed by atoms with van der Waals surface area (Å²) in [6, 6.07) is 0.678. The number of likely N-dealkylation sites (tertiary alicyclic amines) is 1. The Morgan fingerprint density at radius 3 is 2.79 bits per heavy atom. The van der Waals surface area contributed by atoms with E-state index in [4.69, 9.17) is 0 Å². The molecule has 0 saturated carbocycles. The van der Waals surface area contributed by atoms with Gasteiger partial charge in [0.25, 0.3) is 0 Å². The summed E-state index contributed by atoms with van der Waals surface area (Å²) >= 11 is 0. The summed E-state index contributed by atoms with van der Waals surface area (Å²) < 4.78 is 2.40. The van der Waals surface area contributed by atoms with Gasteiger partial charge in [0.05, 0.1) is 0 Å². The molecule has 0 radical (unpaired) electrons. The zero-order valence-electron chi connectivity index (χ0n) is 12.5. The van der Waals surface area contributed by atoms with E-state index in [1.54, 1.807) is 0 Å². The second kappa shape index (κ2) is 5.23. The van der Waals surface area contributed by atoms with Crippen LogP contribution in [-0.4, -0.2) is 38.8 Å². The highest BCUT2D eigenvalue weighted by molar-refractivity contribution is 5.01. The number of aromatic nitrogens is 3. The van der Waals surface area contributed by atoms with Crippen molar-refractivity contribution < 1.29 is 0 Å². The molecule has 4 heteroatoms. The third kappa shape index (κ3) is 2.69. The van der Waals surface area contributed by atoms with Gasteiger partial charge < -0.3 is 9.47 Å². The van der Waals surface area contributed by atoms with Gasteiger partial charge in [0.15, 0.2) is 0 Å². The van der Waals surface area contributed by atoms with E-state index in [1.807, 2.05) is 0 Å². The predicted molar refractivity (Wildman–Crippen MR) is 76.0 cm³/mol. The second-order valence-corrected chi connectivity index (χ2v) is 6.73. The van der Waals surface area contributed by atoms with E-state index in [0.717, 1.165) is 31.2 Å². The van der Waals surface area contributed by atoms with Crippen molar-refractivity contribution in [3.8, 4) is 0 Å². The molecule has 2 unspecified atom stereocenters. The minimum Gasteiger partial charge on any atom is -0.315 e. The molecule has 4 nitrogen and oxygen atoms in total. The highest BCUT2D eigenvalue weighted by atomic mass is 15.3. The molecule has 1 aromatic heterocycles. The lowest BCUT2D eigenvalue weighted by atomic mass is 10.0. The van der Waals surface area contributed by atoms with Gasteiger partial charge >= 0.3 is 0 Å². The molecule has 0 N–H and O–H groups in total. The van der Waals surface area contributed by atoms with Crippen LogP contribution < -0.4 is 0 Å². The average molecular weight is 262 g/mol. The Kier molecular flexibility index (Phi) is 3.61. The number of aryl methyl sites for hydroxylation is 1. The third-order valence-electron chi connectivity index (χ3n) is 4.78. The minimum absolute atomic E-state index is 0.678. The van der Waals surface area contributed by atoms with Gasteiger partial charge in [-0.15, -0.1) is 10.2 Å². The van der Waals surface area contributed by atoms with Crippen LogP contribution in [0.25, 0.3) is 0 Å². The first-order valence-corrected chi connectivity index (χ1v) is 7.78. The molecule has 2 atom stereocenters. The van der Waals surface area contributed by atoms with E-state index in [1.165, 1.54) is 37.6 Å². The van der Waals surface area contributed by atoms with Crippen LogP contribution >= 0.6 is 0 Å². The van der Waals surface area contributed by atoms with Gasteiger partial charge in [0.2, 0.25) is 0 Å². The molecule has 3 heterocycles. The van der Waals surface area contributed by atoms with Gasteiger partial charge in [-0.1, -0.05) is 6.92 Å². The molecule has 1 fully saturated rings. The Morgan fingerprint density at radius 1 is 1.21 bits per heavy atom. The molecule has 2 aliphatic heterocycles. The van der Waals surface area contributed by atoms with Crippen LogP contribution in [0, 0.1) is 11.8 Å². The molecule has 0 aromatic carbocycles. The number of hydrogen-bond acceptors (Lipinski definition) is 3. The maximum absolute atomic E-state index is 4.46. The lowest BCUT2D eigenvalue weighted by Crippen LogP contribution is -2.28. The summed E-state index contributed by atoms with van der Waals surface area (Å²) in [5.74, 6) is 4.00. The van der Waals surface area contributed by atoms with Crippen LogP contribution in [0.5, 0.6) is 0 Å². The third-order valence-corrected chi connectivity index (χ3v) is 4.78. The Morgan fingerprint density at radius 2 is 2.05 bits per heavy atom. The first-order valence-electron chi connectivity index (χ1n) is 7.78. The maximum Gasteiger partial charge on any atom is 0.133 e. The minimum atomic E-state index is 0.678. The summed E-state index contributed by atoms with van der Waals surface area (Å²) in [6.07, 6.45) is 4.80. The summed E-state index contributed by atoms with van der Waals surface area (Å²) in [5, 5.41) is 8.85. The summed E-state index contributed by atoms with van der Waals surface area (Å²) in [7, 11) is 0. The number of nitrogens with zero attached hydrogens (tertiary/aromatic N) is 4. The largest absolute Gasteiger partial charge is 0.315 e. The average Bonchev–Trinajstić information content (AvgIpc) is 2.98. The Bertz CT molecular complexity index is 437. The highest BCUT2D eigenvalue weighted by Gasteiger charge is 2.27. The van der Waals surface area contributed by atoms with Crippen molar-refractivity contribution in [2.45, 2.75) is 59.0 Å². The normalized spacial score (nSPS) is 28.0. The summed E-state index contributed by atoms with van der Waals surface area (Å²) in [5.41, 5.74) is 0. The molecular formula is C15H26N4. The Balaban J connectivity index is 1.66. The van der Waals surface area contributed by atoms with Gasteiger partial charge in [-0.2, -0.15) is 0 Å². The monoisotopic (exact) mass is 262 g/mol. The molecule has 0 bridgehead atoms. The fourth-order valence-electron chi connectivity index (χ4n) is 3.45. The first kappa shape index (κ1) is 13.1. The van der Waals surface area contributed by atoms with E-state index in [2.05, 4.69) is 40.4 Å². The lowest BCUT2D eigenvalue weighted by molar-refractivity contribution is 0.264. The van der Waals surface area contributed by atoms with Gasteiger partial charge in [-0.3, -0.25) is 0 Å². The van der Waals surface area contributed by atoms with Crippen molar-refractivity contribution in [3.63, 3.8) is 0 Å². The van der Waals surface area contributed by atoms with Gasteiger partial charge in [-0.05, 0) is 45.1 Å². The maximum atomic E-state index is 4.46. The smallest absolute Gasteiger partial charge is 0.133 e. The van der Waals surface area contributed by atoms with Crippen molar-refractivity contribution in [2.24, 2.45) is 11.8 Å². The number of hydrogen-bond donors (Lipinski definition) is 0. The van der Waals surface area contributed by atoms with Crippen molar-refractivity contribution in [1.82, 2.24) is 19.7 Å². The SMILES string of the molecule is CC1CCc2nnc(CC3CCN(C(C)C)C3)n2C1. The van der Waals surface area contributed by atoms with Crippen LogP contribution in [0.4, 0.5) is 0 Å². The van der Waals surface area contributed by atoms with E-state index in [0.29, 0.717) is 6.04 Å². The molecule has 1 saturated heterocycles. The fraction of sp³-hybridized carbons (Fsp3) is 0.867. The zero-order chi connectivity index (χ0) is 13.4. The van der Waals surface area contributed by atoms with E-state index in [-0.39, 0.29) is 0 Å². The first-order chi connectivity index (χ1) is 9.13. The van der Waals surface area contributed by atoms with Crippen molar-refractivity contribution in [3.05, 3.63) is 11.6 Å². The van der Waals surface area contributed by atoms with Crippen molar-refractivity contribution in [2.75, 3.05) is 13.1 Å². The molecule has 3 rings (SSSR count). The zero-order valence-corrected chi connectivity index (χ0v) is 12.5. The highest BCUT2D eigenvalue weighted by Crippen LogP contribution is 2.25. The Labute approximate surface area is 116 Å². The Hall–Kier alpha value is -0.900. The molecule has 0 aliphatic carbocycles. The summed E-state index contributed by atoms with van der Waals surface area (Å²) in [4.78, 5) is 2.58. The van der Waals surface area contributed by atoms with Crippen LogP contribution in [0.3, 0.4) is 0 Å². The van der Waals surface area contributed by atoms with E-state index < -0.39 is 0 Å².